The normalized spacial score (nSPS) is 12.5. The maximum absolute atomic E-state index is 12.2. The Kier molecular flexibility index (Phi) is 5.00. The first-order valence-electron chi connectivity index (χ1n) is 8.21. The van der Waals surface area contributed by atoms with Gasteiger partial charge in [-0.2, -0.15) is 0 Å². The van der Waals surface area contributed by atoms with Crippen molar-refractivity contribution in [3.05, 3.63) is 52.2 Å². The fraction of sp³-hybridized carbons (Fsp3) is 0.368. The number of hydrogen-bond donors (Lipinski definition) is 1. The molecule has 5 heteroatoms. The largest absolute Gasteiger partial charge is 0.361 e. The van der Waals surface area contributed by atoms with Crippen molar-refractivity contribution in [3.63, 3.8) is 0 Å². The van der Waals surface area contributed by atoms with Crippen LogP contribution in [0.2, 0.25) is 0 Å². The number of hydrogen-bond acceptors (Lipinski definition) is 4. The average Bonchev–Trinajstić information content (AvgIpc) is 3.10. The van der Waals surface area contributed by atoms with Gasteiger partial charge in [0.1, 0.15) is 5.76 Å². The van der Waals surface area contributed by atoms with Gasteiger partial charge in [-0.1, -0.05) is 23.4 Å². The second-order valence-electron chi connectivity index (χ2n) is 6.23. The third-order valence-corrected chi connectivity index (χ3v) is 5.29. The Morgan fingerprint density at radius 1 is 1.33 bits per heavy atom. The van der Waals surface area contributed by atoms with Crippen LogP contribution in [0.3, 0.4) is 0 Å². The molecule has 126 valence electrons. The minimum absolute atomic E-state index is 0.0713. The van der Waals surface area contributed by atoms with E-state index >= 15 is 0 Å². The summed E-state index contributed by atoms with van der Waals surface area (Å²) in [6.45, 7) is 5.85. The Balaban J connectivity index is 1.54. The number of carbonyl (C=O) groups is 1. The molecule has 1 aromatic carbocycles. The second kappa shape index (κ2) is 7.18. The third-order valence-electron chi connectivity index (χ3n) is 4.28. The lowest BCUT2D eigenvalue weighted by Crippen LogP contribution is -2.34. The standard InChI is InChI=1S/C19H22N2O2S/c1-12(10-15-11-24-18-7-5-4-6-17(15)18)20-19(22)9-8-16-13(2)21-23-14(16)3/h4-7,11-12H,8-10H2,1-3H3,(H,20,22). The molecule has 0 aliphatic rings. The zero-order chi connectivity index (χ0) is 17.1. The molecule has 0 bridgehead atoms. The summed E-state index contributed by atoms with van der Waals surface area (Å²) in [5.41, 5.74) is 3.22. The Morgan fingerprint density at radius 3 is 2.88 bits per heavy atom. The van der Waals surface area contributed by atoms with Gasteiger partial charge in [-0.05, 0) is 56.0 Å². The number of carbonyl (C=O) groups excluding carboxylic acids is 1. The molecule has 0 aliphatic carbocycles. The van der Waals surface area contributed by atoms with E-state index < -0.39 is 0 Å². The van der Waals surface area contributed by atoms with E-state index in [1.807, 2.05) is 13.8 Å². The molecule has 0 saturated carbocycles. The van der Waals surface area contributed by atoms with Crippen LogP contribution >= 0.6 is 11.3 Å². The summed E-state index contributed by atoms with van der Waals surface area (Å²) in [6.07, 6.45) is 1.97. The molecule has 0 fully saturated rings. The number of aryl methyl sites for hydroxylation is 2. The monoisotopic (exact) mass is 342 g/mol. The molecule has 0 saturated heterocycles. The number of aromatic nitrogens is 1. The van der Waals surface area contributed by atoms with Gasteiger partial charge >= 0.3 is 0 Å². The molecule has 1 amide bonds. The van der Waals surface area contributed by atoms with E-state index in [9.17, 15) is 4.79 Å². The maximum atomic E-state index is 12.2. The van der Waals surface area contributed by atoms with Gasteiger partial charge in [-0.25, -0.2) is 0 Å². The van der Waals surface area contributed by atoms with Gasteiger partial charge in [-0.15, -0.1) is 11.3 Å². The van der Waals surface area contributed by atoms with Crippen molar-refractivity contribution >= 4 is 27.3 Å². The van der Waals surface area contributed by atoms with Crippen molar-refractivity contribution in [1.29, 1.82) is 0 Å². The van der Waals surface area contributed by atoms with Crippen LogP contribution < -0.4 is 5.32 Å². The Labute approximate surface area is 145 Å². The molecular formula is C19H22N2O2S. The summed E-state index contributed by atoms with van der Waals surface area (Å²) >= 11 is 1.76. The zero-order valence-corrected chi connectivity index (χ0v) is 15.1. The predicted molar refractivity (Wildman–Crippen MR) is 97.4 cm³/mol. The Hall–Kier alpha value is -2.14. The molecule has 1 atom stereocenters. The van der Waals surface area contributed by atoms with E-state index in [4.69, 9.17) is 4.52 Å². The van der Waals surface area contributed by atoms with Crippen LogP contribution in [0.25, 0.3) is 10.1 Å². The van der Waals surface area contributed by atoms with Crippen LogP contribution in [0, 0.1) is 13.8 Å². The van der Waals surface area contributed by atoms with E-state index in [1.165, 1.54) is 15.6 Å². The van der Waals surface area contributed by atoms with E-state index in [-0.39, 0.29) is 11.9 Å². The fourth-order valence-electron chi connectivity index (χ4n) is 3.02. The van der Waals surface area contributed by atoms with Gasteiger partial charge < -0.3 is 9.84 Å². The number of amides is 1. The van der Waals surface area contributed by atoms with Crippen LogP contribution in [0.4, 0.5) is 0 Å². The highest BCUT2D eigenvalue weighted by atomic mass is 32.1. The highest BCUT2D eigenvalue weighted by Gasteiger charge is 2.14. The highest BCUT2D eigenvalue weighted by molar-refractivity contribution is 7.17. The van der Waals surface area contributed by atoms with Crippen molar-refractivity contribution in [2.75, 3.05) is 0 Å². The molecule has 2 heterocycles. The van der Waals surface area contributed by atoms with Gasteiger partial charge in [0, 0.05) is 22.7 Å². The first-order chi connectivity index (χ1) is 11.5. The zero-order valence-electron chi connectivity index (χ0n) is 14.3. The van der Waals surface area contributed by atoms with Gasteiger partial charge in [0.15, 0.2) is 0 Å². The molecule has 3 rings (SSSR count). The number of nitrogens with one attached hydrogen (secondary N) is 1. The summed E-state index contributed by atoms with van der Waals surface area (Å²) in [5, 5.41) is 10.5. The SMILES string of the molecule is Cc1noc(C)c1CCC(=O)NC(C)Cc1csc2ccccc12. The van der Waals surface area contributed by atoms with Crippen molar-refractivity contribution in [2.45, 2.75) is 46.1 Å². The minimum Gasteiger partial charge on any atom is -0.361 e. The summed E-state index contributed by atoms with van der Waals surface area (Å²) in [7, 11) is 0. The lowest BCUT2D eigenvalue weighted by molar-refractivity contribution is -0.121. The summed E-state index contributed by atoms with van der Waals surface area (Å²) in [4.78, 5) is 12.2. The average molecular weight is 342 g/mol. The lowest BCUT2D eigenvalue weighted by atomic mass is 10.1. The van der Waals surface area contributed by atoms with E-state index in [0.29, 0.717) is 12.8 Å². The molecule has 0 aliphatic heterocycles. The summed E-state index contributed by atoms with van der Waals surface area (Å²) in [6, 6.07) is 8.51. The molecule has 3 aromatic rings. The first-order valence-corrected chi connectivity index (χ1v) is 9.08. The molecule has 1 unspecified atom stereocenters. The molecule has 24 heavy (non-hydrogen) atoms. The molecule has 1 N–H and O–H groups in total. The van der Waals surface area contributed by atoms with Gasteiger partial charge in [0.2, 0.25) is 5.91 Å². The van der Waals surface area contributed by atoms with Crippen LogP contribution in [0.1, 0.15) is 35.9 Å². The van der Waals surface area contributed by atoms with E-state index in [0.717, 1.165) is 23.4 Å². The van der Waals surface area contributed by atoms with Gasteiger partial charge in [-0.3, -0.25) is 4.79 Å². The Bertz CT molecular complexity index is 831. The molecule has 4 nitrogen and oxygen atoms in total. The predicted octanol–water partition coefficient (Wildman–Crippen LogP) is 4.19. The Morgan fingerprint density at radius 2 is 2.12 bits per heavy atom. The fourth-order valence-corrected chi connectivity index (χ4v) is 3.99. The molecular weight excluding hydrogens is 320 g/mol. The van der Waals surface area contributed by atoms with Crippen molar-refractivity contribution < 1.29 is 9.32 Å². The van der Waals surface area contributed by atoms with E-state index in [2.05, 4.69) is 47.0 Å². The number of benzene rings is 1. The van der Waals surface area contributed by atoms with Crippen molar-refractivity contribution in [2.24, 2.45) is 0 Å². The minimum atomic E-state index is 0.0713. The van der Waals surface area contributed by atoms with E-state index in [1.54, 1.807) is 11.3 Å². The number of fused-ring (bicyclic) bond motifs is 1. The third kappa shape index (κ3) is 3.67. The van der Waals surface area contributed by atoms with Crippen molar-refractivity contribution in [1.82, 2.24) is 10.5 Å². The highest BCUT2D eigenvalue weighted by Crippen LogP contribution is 2.26. The summed E-state index contributed by atoms with van der Waals surface area (Å²) < 4.78 is 6.43. The number of thiophene rings is 1. The second-order valence-corrected chi connectivity index (χ2v) is 7.14. The first kappa shape index (κ1) is 16.7. The van der Waals surface area contributed by atoms with Gasteiger partial charge in [0.25, 0.3) is 0 Å². The van der Waals surface area contributed by atoms with Crippen molar-refractivity contribution in [3.8, 4) is 0 Å². The lowest BCUT2D eigenvalue weighted by Gasteiger charge is -2.13. The van der Waals surface area contributed by atoms with Crippen LogP contribution in [-0.4, -0.2) is 17.1 Å². The maximum Gasteiger partial charge on any atom is 0.220 e. The van der Waals surface area contributed by atoms with Crippen LogP contribution in [0.15, 0.2) is 34.2 Å². The topological polar surface area (TPSA) is 55.1 Å². The smallest absolute Gasteiger partial charge is 0.220 e. The number of rotatable bonds is 6. The molecule has 2 aromatic heterocycles. The van der Waals surface area contributed by atoms with Crippen LogP contribution in [-0.2, 0) is 17.6 Å². The molecule has 0 radical (unpaired) electrons. The quantitative estimate of drug-likeness (QED) is 0.731. The molecule has 0 spiro atoms. The number of nitrogens with zero attached hydrogens (tertiary/aromatic N) is 1. The van der Waals surface area contributed by atoms with Gasteiger partial charge in [0.05, 0.1) is 5.69 Å². The van der Waals surface area contributed by atoms with Crippen LogP contribution in [0.5, 0.6) is 0 Å². The summed E-state index contributed by atoms with van der Waals surface area (Å²) in [5.74, 6) is 0.875.